The van der Waals surface area contributed by atoms with Gasteiger partial charge < -0.3 is 14.5 Å². The van der Waals surface area contributed by atoms with E-state index in [1.165, 1.54) is 0 Å². The molecule has 0 saturated carbocycles. The number of amides is 2. The lowest BCUT2D eigenvalue weighted by Gasteiger charge is -2.30. The molecule has 4 rings (SSSR count). The Balaban J connectivity index is 1.44. The molecule has 35 heavy (non-hydrogen) atoms. The Labute approximate surface area is 210 Å². The molecule has 1 aromatic carbocycles. The second-order valence-corrected chi connectivity index (χ2v) is 11.4. The zero-order chi connectivity index (χ0) is 25.2. The molecule has 0 bridgehead atoms. The number of nitro benzene ring substituents is 1. The van der Waals surface area contributed by atoms with E-state index in [9.17, 15) is 19.7 Å². The third kappa shape index (κ3) is 6.19. The molecule has 2 atom stereocenters. The standard InChI is InChI=1S/C24H35N5O5S/c1-24(2,3)34-23(31)28-16-20(15-21(28)22(30)27-13-14-35-17-27)26-10-4-9-25(11-12-26)18-5-7-19(8-6-18)29(32)33/h5-8,20-21H,4,9-17H2,1-3H3/t20-,21-/m0/s1. The summed E-state index contributed by atoms with van der Waals surface area (Å²) in [6.45, 7) is 10.0. The van der Waals surface area contributed by atoms with Crippen LogP contribution in [0.4, 0.5) is 16.2 Å². The highest BCUT2D eigenvalue weighted by molar-refractivity contribution is 7.99. The number of carbonyl (C=O) groups excluding carboxylic acids is 2. The summed E-state index contributed by atoms with van der Waals surface area (Å²) in [5.74, 6) is 1.63. The Morgan fingerprint density at radius 1 is 1.09 bits per heavy atom. The number of hydrogen-bond acceptors (Lipinski definition) is 8. The van der Waals surface area contributed by atoms with E-state index in [1.807, 2.05) is 25.7 Å². The van der Waals surface area contributed by atoms with Crippen molar-refractivity contribution in [1.82, 2.24) is 14.7 Å². The van der Waals surface area contributed by atoms with E-state index < -0.39 is 17.7 Å². The van der Waals surface area contributed by atoms with Gasteiger partial charge in [0.25, 0.3) is 5.69 Å². The van der Waals surface area contributed by atoms with Gasteiger partial charge in [0.05, 0.1) is 10.8 Å². The number of ether oxygens (including phenoxy) is 1. The van der Waals surface area contributed by atoms with Crippen LogP contribution in [-0.2, 0) is 9.53 Å². The molecule has 2 amide bonds. The lowest BCUT2D eigenvalue weighted by molar-refractivity contribution is -0.384. The minimum Gasteiger partial charge on any atom is -0.444 e. The van der Waals surface area contributed by atoms with Gasteiger partial charge in [0, 0.05) is 68.9 Å². The highest BCUT2D eigenvalue weighted by Gasteiger charge is 2.45. The zero-order valence-corrected chi connectivity index (χ0v) is 21.5. The molecule has 3 saturated heterocycles. The van der Waals surface area contributed by atoms with E-state index in [0.717, 1.165) is 50.6 Å². The lowest BCUT2D eigenvalue weighted by Crippen LogP contribution is -2.48. The summed E-state index contributed by atoms with van der Waals surface area (Å²) in [5.41, 5.74) is 0.435. The van der Waals surface area contributed by atoms with E-state index in [0.29, 0.717) is 18.8 Å². The minimum absolute atomic E-state index is 0.0192. The van der Waals surface area contributed by atoms with Gasteiger partial charge in [-0.2, -0.15) is 0 Å². The van der Waals surface area contributed by atoms with Gasteiger partial charge in [-0.25, -0.2) is 4.79 Å². The molecular weight excluding hydrogens is 470 g/mol. The van der Waals surface area contributed by atoms with Crippen LogP contribution in [0.1, 0.15) is 33.6 Å². The molecule has 0 unspecified atom stereocenters. The Morgan fingerprint density at radius 2 is 1.83 bits per heavy atom. The van der Waals surface area contributed by atoms with Crippen LogP contribution in [0.3, 0.4) is 0 Å². The minimum atomic E-state index is -0.625. The molecule has 0 aliphatic carbocycles. The summed E-state index contributed by atoms with van der Waals surface area (Å²) in [6.07, 6.45) is 1.12. The van der Waals surface area contributed by atoms with Gasteiger partial charge in [0.2, 0.25) is 5.91 Å². The maximum atomic E-state index is 13.3. The van der Waals surface area contributed by atoms with Crippen molar-refractivity contribution in [2.45, 2.75) is 51.3 Å². The van der Waals surface area contributed by atoms with Crippen LogP contribution >= 0.6 is 11.8 Å². The molecular formula is C24H35N5O5S. The number of benzene rings is 1. The quantitative estimate of drug-likeness (QED) is 0.455. The molecule has 192 valence electrons. The molecule has 0 spiro atoms. The second-order valence-electron chi connectivity index (χ2n) is 10.3. The summed E-state index contributed by atoms with van der Waals surface area (Å²) in [4.78, 5) is 45.1. The van der Waals surface area contributed by atoms with E-state index in [4.69, 9.17) is 4.74 Å². The third-order valence-corrected chi connectivity index (χ3v) is 7.69. The Morgan fingerprint density at radius 3 is 2.46 bits per heavy atom. The normalized spacial score (nSPS) is 23.9. The predicted molar refractivity (Wildman–Crippen MR) is 136 cm³/mol. The zero-order valence-electron chi connectivity index (χ0n) is 20.7. The van der Waals surface area contributed by atoms with Gasteiger partial charge >= 0.3 is 6.09 Å². The first-order chi connectivity index (χ1) is 16.6. The van der Waals surface area contributed by atoms with Crippen molar-refractivity contribution in [1.29, 1.82) is 0 Å². The van der Waals surface area contributed by atoms with Crippen LogP contribution in [-0.4, -0.2) is 100 Å². The van der Waals surface area contributed by atoms with Crippen molar-refractivity contribution < 1.29 is 19.2 Å². The van der Waals surface area contributed by atoms with Crippen molar-refractivity contribution in [3.05, 3.63) is 34.4 Å². The molecule has 3 fully saturated rings. The third-order valence-electron chi connectivity index (χ3n) is 6.73. The first-order valence-corrected chi connectivity index (χ1v) is 13.4. The maximum absolute atomic E-state index is 13.3. The van der Waals surface area contributed by atoms with Gasteiger partial charge in [-0.3, -0.25) is 24.7 Å². The lowest BCUT2D eigenvalue weighted by atomic mass is 10.1. The fourth-order valence-corrected chi connectivity index (χ4v) is 5.93. The van der Waals surface area contributed by atoms with Gasteiger partial charge in [-0.15, -0.1) is 11.8 Å². The topological polar surface area (TPSA) is 99.5 Å². The Bertz CT molecular complexity index is 931. The van der Waals surface area contributed by atoms with Crippen LogP contribution in [0.25, 0.3) is 0 Å². The highest BCUT2D eigenvalue weighted by Crippen LogP contribution is 2.29. The number of nitrogens with zero attached hydrogens (tertiary/aromatic N) is 5. The van der Waals surface area contributed by atoms with Crippen LogP contribution in [0, 0.1) is 10.1 Å². The molecule has 0 N–H and O–H groups in total. The average Bonchev–Trinajstić information content (AvgIpc) is 3.44. The number of thioether (sulfide) groups is 1. The van der Waals surface area contributed by atoms with Gasteiger partial charge in [0.15, 0.2) is 0 Å². The van der Waals surface area contributed by atoms with E-state index in [1.54, 1.807) is 40.9 Å². The largest absolute Gasteiger partial charge is 0.444 e. The summed E-state index contributed by atoms with van der Waals surface area (Å²) in [5, 5.41) is 11.0. The van der Waals surface area contributed by atoms with Gasteiger partial charge in [-0.1, -0.05) is 0 Å². The molecule has 0 aromatic heterocycles. The number of non-ortho nitro benzene ring substituents is 1. The van der Waals surface area contributed by atoms with Crippen molar-refractivity contribution in [2.24, 2.45) is 0 Å². The molecule has 11 heteroatoms. The van der Waals surface area contributed by atoms with E-state index in [2.05, 4.69) is 9.80 Å². The fraction of sp³-hybridized carbons (Fsp3) is 0.667. The number of hydrogen-bond donors (Lipinski definition) is 0. The predicted octanol–water partition coefficient (Wildman–Crippen LogP) is 3.02. The first kappa shape index (κ1) is 25.6. The molecule has 1 aromatic rings. The second kappa shape index (κ2) is 10.6. The van der Waals surface area contributed by atoms with Crippen molar-refractivity contribution in [2.75, 3.05) is 55.8 Å². The van der Waals surface area contributed by atoms with Crippen LogP contribution in [0.2, 0.25) is 0 Å². The molecule has 0 radical (unpaired) electrons. The number of carbonyl (C=O) groups is 2. The van der Waals surface area contributed by atoms with E-state index in [-0.39, 0.29) is 22.6 Å². The Kier molecular flexibility index (Phi) is 7.75. The molecule has 3 aliphatic heterocycles. The summed E-state index contributed by atoms with van der Waals surface area (Å²) in [6, 6.07) is 6.28. The number of likely N-dealkylation sites (tertiary alicyclic amines) is 1. The SMILES string of the molecule is CC(C)(C)OC(=O)N1C[C@@H](N2CCCN(c3ccc([N+](=O)[O-])cc3)CC2)C[C@H]1C(=O)N1CCSC1. The molecule has 10 nitrogen and oxygen atoms in total. The molecule has 3 aliphatic rings. The number of rotatable bonds is 4. The molecule has 3 heterocycles. The summed E-state index contributed by atoms with van der Waals surface area (Å²) < 4.78 is 5.66. The van der Waals surface area contributed by atoms with Gasteiger partial charge in [-0.05, 0) is 45.7 Å². The fourth-order valence-electron chi connectivity index (χ4n) is 4.98. The Hall–Kier alpha value is -2.53. The van der Waals surface area contributed by atoms with Crippen LogP contribution < -0.4 is 4.90 Å². The average molecular weight is 506 g/mol. The van der Waals surface area contributed by atoms with Crippen molar-refractivity contribution in [3.8, 4) is 0 Å². The first-order valence-electron chi connectivity index (χ1n) is 12.2. The van der Waals surface area contributed by atoms with Crippen molar-refractivity contribution >= 4 is 35.1 Å². The summed E-state index contributed by atoms with van der Waals surface area (Å²) >= 11 is 1.74. The van der Waals surface area contributed by atoms with Crippen LogP contribution in [0.15, 0.2) is 24.3 Å². The number of anilines is 1. The van der Waals surface area contributed by atoms with Crippen LogP contribution in [0.5, 0.6) is 0 Å². The monoisotopic (exact) mass is 505 g/mol. The van der Waals surface area contributed by atoms with E-state index >= 15 is 0 Å². The smallest absolute Gasteiger partial charge is 0.411 e. The van der Waals surface area contributed by atoms with Gasteiger partial charge in [0.1, 0.15) is 11.6 Å². The van der Waals surface area contributed by atoms with Crippen molar-refractivity contribution in [3.63, 3.8) is 0 Å². The maximum Gasteiger partial charge on any atom is 0.411 e. The summed E-state index contributed by atoms with van der Waals surface area (Å²) in [7, 11) is 0. The highest BCUT2D eigenvalue weighted by atomic mass is 32.2. The number of nitro groups is 1.